The SMILES string of the molecule is c1ccc(-c2cc(-n3c4ccccc4c4cc(-c5ccc6c7ccccc7n(-c7ccc8c(c7)c7ncccc7n8-c7ccccc7)c6c5)ccc43)nc(-c3ccccc3)n2)cc1. The fraction of sp³-hybridized carbons (Fsp3) is 0. The molecule has 0 bridgehead atoms. The molecule has 8 aromatic carbocycles. The maximum Gasteiger partial charge on any atom is 0.162 e. The Bertz CT molecular complexity index is 3840. The molecule has 0 fully saturated rings. The molecule has 0 radical (unpaired) electrons. The van der Waals surface area contributed by atoms with Gasteiger partial charge in [-0.05, 0) is 83.9 Å². The van der Waals surface area contributed by atoms with Crippen LogP contribution < -0.4 is 0 Å². The average molecular weight is 805 g/mol. The van der Waals surface area contributed by atoms with Crippen LogP contribution in [0.3, 0.4) is 0 Å². The van der Waals surface area contributed by atoms with E-state index < -0.39 is 0 Å². The van der Waals surface area contributed by atoms with E-state index in [2.05, 4.69) is 196 Å². The van der Waals surface area contributed by atoms with Crippen molar-refractivity contribution in [2.24, 2.45) is 0 Å². The lowest BCUT2D eigenvalue weighted by Gasteiger charge is -2.12. The maximum atomic E-state index is 5.24. The monoisotopic (exact) mass is 804 g/mol. The Morgan fingerprint density at radius 1 is 0.302 bits per heavy atom. The van der Waals surface area contributed by atoms with Crippen molar-refractivity contribution >= 4 is 65.5 Å². The Hall–Kier alpha value is -8.61. The van der Waals surface area contributed by atoms with Crippen LogP contribution in [-0.2, 0) is 0 Å². The zero-order valence-electron chi connectivity index (χ0n) is 34.0. The van der Waals surface area contributed by atoms with Crippen LogP contribution >= 0.6 is 0 Å². The fourth-order valence-electron chi connectivity index (χ4n) is 9.67. The molecule has 0 aliphatic heterocycles. The van der Waals surface area contributed by atoms with Gasteiger partial charge in [-0.15, -0.1) is 0 Å². The number of para-hydroxylation sites is 3. The number of rotatable bonds is 6. The number of pyridine rings is 1. The molecule has 5 heterocycles. The summed E-state index contributed by atoms with van der Waals surface area (Å²) in [5.41, 5.74) is 15.1. The third-order valence-corrected chi connectivity index (χ3v) is 12.5. The lowest BCUT2D eigenvalue weighted by Crippen LogP contribution is -2.02. The molecule has 0 unspecified atom stereocenters. The van der Waals surface area contributed by atoms with E-state index >= 15 is 0 Å². The first-order valence-corrected chi connectivity index (χ1v) is 21.3. The van der Waals surface area contributed by atoms with E-state index in [0.717, 1.165) is 94.5 Å². The second kappa shape index (κ2) is 14.0. The summed E-state index contributed by atoms with van der Waals surface area (Å²) in [4.78, 5) is 15.2. The molecule has 13 aromatic rings. The lowest BCUT2D eigenvalue weighted by atomic mass is 10.0. The summed E-state index contributed by atoms with van der Waals surface area (Å²) in [6.45, 7) is 0. The Labute approximate surface area is 362 Å². The van der Waals surface area contributed by atoms with Gasteiger partial charge in [-0.25, -0.2) is 9.97 Å². The first-order chi connectivity index (χ1) is 31.2. The van der Waals surface area contributed by atoms with Crippen LogP contribution in [0.1, 0.15) is 0 Å². The second-order valence-electron chi connectivity index (χ2n) is 16.1. The van der Waals surface area contributed by atoms with E-state index in [-0.39, 0.29) is 0 Å². The predicted octanol–water partition coefficient (Wildman–Crippen LogP) is 14.2. The molecule has 0 atom stereocenters. The van der Waals surface area contributed by atoms with Gasteiger partial charge < -0.3 is 9.13 Å². The topological polar surface area (TPSA) is 53.5 Å². The number of nitrogens with zero attached hydrogens (tertiary/aromatic N) is 6. The van der Waals surface area contributed by atoms with E-state index in [1.807, 2.05) is 36.5 Å². The second-order valence-corrected chi connectivity index (χ2v) is 16.1. The summed E-state index contributed by atoms with van der Waals surface area (Å²) < 4.78 is 7.01. The number of hydrogen-bond acceptors (Lipinski definition) is 3. The molecular weight excluding hydrogens is 769 g/mol. The van der Waals surface area contributed by atoms with Gasteiger partial charge in [0.25, 0.3) is 0 Å². The van der Waals surface area contributed by atoms with Gasteiger partial charge in [0, 0.05) is 61.7 Å². The third kappa shape index (κ3) is 5.55. The van der Waals surface area contributed by atoms with Gasteiger partial charge in [-0.2, -0.15) is 0 Å². The Morgan fingerprint density at radius 3 is 1.67 bits per heavy atom. The Kier molecular flexibility index (Phi) is 7.80. The molecule has 294 valence electrons. The minimum absolute atomic E-state index is 0.690. The highest BCUT2D eigenvalue weighted by Gasteiger charge is 2.20. The van der Waals surface area contributed by atoms with Gasteiger partial charge in [-0.1, -0.05) is 133 Å². The highest BCUT2D eigenvalue weighted by Crippen LogP contribution is 2.40. The molecule has 5 aromatic heterocycles. The largest absolute Gasteiger partial charge is 0.309 e. The van der Waals surface area contributed by atoms with Gasteiger partial charge in [-0.3, -0.25) is 9.55 Å². The van der Waals surface area contributed by atoms with Crippen molar-refractivity contribution < 1.29 is 0 Å². The van der Waals surface area contributed by atoms with E-state index in [9.17, 15) is 0 Å². The predicted molar refractivity (Wildman–Crippen MR) is 259 cm³/mol. The fourth-order valence-corrected chi connectivity index (χ4v) is 9.67. The first-order valence-electron chi connectivity index (χ1n) is 21.3. The van der Waals surface area contributed by atoms with Crippen molar-refractivity contribution in [3.05, 3.63) is 219 Å². The molecule has 0 aliphatic carbocycles. The normalized spacial score (nSPS) is 11.8. The Morgan fingerprint density at radius 2 is 0.873 bits per heavy atom. The molecule has 6 heteroatoms. The third-order valence-electron chi connectivity index (χ3n) is 12.5. The lowest BCUT2D eigenvalue weighted by molar-refractivity contribution is 1.05. The van der Waals surface area contributed by atoms with Crippen molar-refractivity contribution in [1.29, 1.82) is 0 Å². The molecule has 0 saturated heterocycles. The van der Waals surface area contributed by atoms with E-state index in [0.29, 0.717) is 5.82 Å². The Balaban J connectivity index is 0.991. The smallest absolute Gasteiger partial charge is 0.162 e. The summed E-state index contributed by atoms with van der Waals surface area (Å²) in [6, 6.07) is 75.4. The molecule has 0 amide bonds. The number of benzene rings is 8. The summed E-state index contributed by atoms with van der Waals surface area (Å²) in [5.74, 6) is 1.52. The minimum Gasteiger partial charge on any atom is -0.309 e. The van der Waals surface area contributed by atoms with E-state index in [4.69, 9.17) is 15.0 Å². The zero-order valence-corrected chi connectivity index (χ0v) is 34.0. The number of hydrogen-bond donors (Lipinski definition) is 0. The standard InChI is InChI=1S/C57H36N6/c1-4-15-37(16-5-1)48-36-55(60-57(59-48)38-17-6-2-7-18-38)63-50-24-13-11-22-44(50)46-33-39(27-30-51(46)63)40-26-29-45-43-21-10-12-23-49(43)62(54(45)34-40)42-28-31-52-47(35-42)56-53(25-14-32-58-56)61(52)41-19-8-3-9-20-41/h1-36H. The van der Waals surface area contributed by atoms with Crippen LogP contribution in [0.4, 0.5) is 0 Å². The van der Waals surface area contributed by atoms with Gasteiger partial charge in [0.15, 0.2) is 5.82 Å². The van der Waals surface area contributed by atoms with Crippen molar-refractivity contribution in [3.8, 4) is 51.0 Å². The molecule has 6 nitrogen and oxygen atoms in total. The number of aromatic nitrogens is 6. The summed E-state index contributed by atoms with van der Waals surface area (Å²) in [7, 11) is 0. The molecule has 0 spiro atoms. The van der Waals surface area contributed by atoms with Crippen LogP contribution in [-0.4, -0.2) is 28.7 Å². The van der Waals surface area contributed by atoms with Crippen molar-refractivity contribution in [2.75, 3.05) is 0 Å². The van der Waals surface area contributed by atoms with Gasteiger partial charge in [0.1, 0.15) is 5.82 Å². The first kappa shape index (κ1) is 35.2. The van der Waals surface area contributed by atoms with Crippen LogP contribution in [0, 0.1) is 0 Å². The quantitative estimate of drug-likeness (QED) is 0.168. The van der Waals surface area contributed by atoms with Crippen LogP contribution in [0.25, 0.3) is 117 Å². The summed E-state index contributed by atoms with van der Waals surface area (Å²) in [5, 5.41) is 5.88. The highest BCUT2D eigenvalue weighted by atomic mass is 15.1. The summed E-state index contributed by atoms with van der Waals surface area (Å²) >= 11 is 0. The van der Waals surface area contributed by atoms with E-state index in [1.54, 1.807) is 0 Å². The molecule has 63 heavy (non-hydrogen) atoms. The van der Waals surface area contributed by atoms with Crippen molar-refractivity contribution in [3.63, 3.8) is 0 Å². The van der Waals surface area contributed by atoms with Crippen molar-refractivity contribution in [2.45, 2.75) is 0 Å². The van der Waals surface area contributed by atoms with Crippen LogP contribution in [0.2, 0.25) is 0 Å². The molecule has 0 saturated carbocycles. The van der Waals surface area contributed by atoms with Crippen LogP contribution in [0.5, 0.6) is 0 Å². The molecule has 0 aliphatic rings. The summed E-state index contributed by atoms with van der Waals surface area (Å²) in [6.07, 6.45) is 1.89. The molecular formula is C57H36N6. The van der Waals surface area contributed by atoms with E-state index in [1.165, 1.54) is 16.2 Å². The number of fused-ring (bicyclic) bond motifs is 9. The van der Waals surface area contributed by atoms with Crippen LogP contribution in [0.15, 0.2) is 219 Å². The van der Waals surface area contributed by atoms with Gasteiger partial charge >= 0.3 is 0 Å². The molecule has 0 N–H and O–H groups in total. The molecule has 13 rings (SSSR count). The maximum absolute atomic E-state index is 5.24. The van der Waals surface area contributed by atoms with Crippen molar-refractivity contribution in [1.82, 2.24) is 28.7 Å². The highest BCUT2D eigenvalue weighted by molar-refractivity contribution is 6.13. The zero-order chi connectivity index (χ0) is 41.4. The van der Waals surface area contributed by atoms with Gasteiger partial charge in [0.05, 0.1) is 44.3 Å². The minimum atomic E-state index is 0.690. The average Bonchev–Trinajstić information content (AvgIpc) is 3.99. The van der Waals surface area contributed by atoms with Gasteiger partial charge in [0.2, 0.25) is 0 Å².